The Bertz CT molecular complexity index is 1230. The second-order valence-electron chi connectivity index (χ2n) is 11.5. The number of ether oxygens (including phenoxy) is 1. The highest BCUT2D eigenvalue weighted by Crippen LogP contribution is 2.39. The fraction of sp³-hybridized carbons (Fsp3) is 0.536. The molecule has 2 aliphatic rings. The van der Waals surface area contributed by atoms with E-state index in [4.69, 9.17) is 16.3 Å². The molecule has 2 aliphatic heterocycles. The summed E-state index contributed by atoms with van der Waals surface area (Å²) < 4.78 is 43.2. The smallest absolute Gasteiger partial charge is 0.405 e. The molecule has 2 amide bonds. The number of carbonyl (C=O) groups is 2. The SMILES string of the molecule is CC(C)(Oc1ccc(C(C)(C)O)cc1Cl)C(=O)N[C@H]1C[C@H]2CC[C@@H](C1)N2c1ccc(C(=O)NCC(F)(F)F)cn1. The van der Waals surface area contributed by atoms with E-state index in [0.717, 1.165) is 12.8 Å². The molecule has 0 unspecified atom stereocenters. The number of nitrogens with one attached hydrogen (secondary N) is 2. The van der Waals surface area contributed by atoms with E-state index in [0.29, 0.717) is 35.0 Å². The molecule has 12 heteroatoms. The predicted molar refractivity (Wildman–Crippen MR) is 144 cm³/mol. The Morgan fingerprint density at radius 2 is 1.75 bits per heavy atom. The maximum absolute atomic E-state index is 13.2. The molecule has 2 saturated heterocycles. The van der Waals surface area contributed by atoms with Crippen LogP contribution in [0.1, 0.15) is 69.3 Å². The number of hydrogen-bond acceptors (Lipinski definition) is 6. The number of alkyl halides is 3. The van der Waals surface area contributed by atoms with E-state index in [1.54, 1.807) is 52.0 Å². The average Bonchev–Trinajstić information content (AvgIpc) is 3.12. The van der Waals surface area contributed by atoms with E-state index in [-0.39, 0.29) is 29.6 Å². The lowest BCUT2D eigenvalue weighted by atomic mass is 9.96. The third-order valence-corrected chi connectivity index (χ3v) is 7.64. The van der Waals surface area contributed by atoms with Crippen molar-refractivity contribution >= 4 is 29.2 Å². The van der Waals surface area contributed by atoms with Crippen LogP contribution >= 0.6 is 11.6 Å². The monoisotopic (exact) mass is 582 g/mol. The molecule has 3 heterocycles. The van der Waals surface area contributed by atoms with E-state index < -0.39 is 29.8 Å². The summed E-state index contributed by atoms with van der Waals surface area (Å²) in [5, 5.41) is 15.5. The second-order valence-corrected chi connectivity index (χ2v) is 11.9. The molecule has 0 radical (unpaired) electrons. The number of carbonyl (C=O) groups excluding carboxylic acids is 2. The normalized spacial score (nSPS) is 21.2. The van der Waals surface area contributed by atoms with Crippen LogP contribution in [0.15, 0.2) is 36.5 Å². The van der Waals surface area contributed by atoms with Crippen molar-refractivity contribution in [3.63, 3.8) is 0 Å². The van der Waals surface area contributed by atoms with Gasteiger partial charge in [0.15, 0.2) is 5.60 Å². The van der Waals surface area contributed by atoms with Gasteiger partial charge in [-0.2, -0.15) is 13.2 Å². The van der Waals surface area contributed by atoms with Gasteiger partial charge >= 0.3 is 6.18 Å². The number of aromatic nitrogens is 1. The van der Waals surface area contributed by atoms with Gasteiger partial charge in [-0.1, -0.05) is 17.7 Å². The number of anilines is 1. The summed E-state index contributed by atoms with van der Waals surface area (Å²) in [6.45, 7) is 5.24. The number of aliphatic hydroxyl groups is 1. The van der Waals surface area contributed by atoms with E-state index in [1.165, 1.54) is 12.3 Å². The lowest BCUT2D eigenvalue weighted by molar-refractivity contribution is -0.135. The van der Waals surface area contributed by atoms with Crippen molar-refractivity contribution in [1.82, 2.24) is 15.6 Å². The topological polar surface area (TPSA) is 104 Å². The lowest BCUT2D eigenvalue weighted by Gasteiger charge is -2.40. The number of rotatable bonds is 8. The van der Waals surface area contributed by atoms with Crippen molar-refractivity contribution in [3.05, 3.63) is 52.7 Å². The van der Waals surface area contributed by atoms with E-state index in [2.05, 4.69) is 15.2 Å². The van der Waals surface area contributed by atoms with Gasteiger partial charge in [-0.3, -0.25) is 9.59 Å². The van der Waals surface area contributed by atoms with Gasteiger partial charge in [-0.25, -0.2) is 4.98 Å². The van der Waals surface area contributed by atoms with Crippen molar-refractivity contribution in [2.45, 2.75) is 88.9 Å². The van der Waals surface area contributed by atoms with Gasteiger partial charge in [0.2, 0.25) is 0 Å². The molecule has 2 aromatic rings. The summed E-state index contributed by atoms with van der Waals surface area (Å²) in [7, 11) is 0. The summed E-state index contributed by atoms with van der Waals surface area (Å²) in [6.07, 6.45) is 0.00203. The van der Waals surface area contributed by atoms with Crippen LogP contribution in [-0.4, -0.2) is 58.4 Å². The standard InChI is InChI=1S/C28H34ClF3N4O4/c1-26(2,39)17-6-9-22(21(29)11-17)40-27(3,4)25(38)35-18-12-19-7-8-20(13-18)36(19)23-10-5-16(14-33-23)24(37)34-15-28(30,31)32/h5-6,9-11,14,18-20,39H,7-8,12-13,15H2,1-4H3,(H,34,37)(H,35,38)/t18-,19+,20-. The van der Waals surface area contributed by atoms with Crippen molar-refractivity contribution in [1.29, 1.82) is 0 Å². The molecule has 3 N–H and O–H groups in total. The summed E-state index contributed by atoms with van der Waals surface area (Å²) in [4.78, 5) is 31.8. The summed E-state index contributed by atoms with van der Waals surface area (Å²) in [5.74, 6) is -0.121. The number of fused-ring (bicyclic) bond motifs is 2. The van der Waals surface area contributed by atoms with Crippen LogP contribution in [0, 0.1) is 0 Å². The molecule has 0 saturated carbocycles. The summed E-state index contributed by atoms with van der Waals surface area (Å²) >= 11 is 6.37. The van der Waals surface area contributed by atoms with Crippen LogP contribution in [0.2, 0.25) is 5.02 Å². The van der Waals surface area contributed by atoms with Gasteiger partial charge in [-0.05, 0) is 83.2 Å². The molecule has 0 aliphatic carbocycles. The minimum absolute atomic E-state index is 0.0551. The molecule has 4 rings (SSSR count). The molecule has 8 nitrogen and oxygen atoms in total. The third-order valence-electron chi connectivity index (χ3n) is 7.34. The summed E-state index contributed by atoms with van der Waals surface area (Å²) in [6, 6.07) is 8.25. The van der Waals surface area contributed by atoms with Gasteiger partial charge in [0.1, 0.15) is 18.1 Å². The first kappa shape index (κ1) is 29.9. The lowest BCUT2D eigenvalue weighted by Crippen LogP contribution is -2.55. The number of halogens is 4. The average molecular weight is 583 g/mol. The Balaban J connectivity index is 1.35. The Kier molecular flexibility index (Phi) is 8.29. The van der Waals surface area contributed by atoms with Crippen molar-refractivity contribution in [2.75, 3.05) is 11.4 Å². The highest BCUT2D eigenvalue weighted by Gasteiger charge is 2.43. The van der Waals surface area contributed by atoms with E-state index in [9.17, 15) is 27.9 Å². The second kappa shape index (κ2) is 11.1. The van der Waals surface area contributed by atoms with Crippen molar-refractivity contribution in [3.8, 4) is 5.75 Å². The minimum Gasteiger partial charge on any atom is -0.476 e. The zero-order chi connectivity index (χ0) is 29.5. The zero-order valence-corrected chi connectivity index (χ0v) is 23.6. The van der Waals surface area contributed by atoms with Gasteiger partial charge in [0.25, 0.3) is 11.8 Å². The van der Waals surface area contributed by atoms with E-state index >= 15 is 0 Å². The number of piperidine rings is 1. The predicted octanol–water partition coefficient (Wildman–Crippen LogP) is 4.73. The van der Waals surface area contributed by atoms with Gasteiger partial charge < -0.3 is 25.4 Å². The van der Waals surface area contributed by atoms with Gasteiger partial charge in [0, 0.05) is 24.3 Å². The number of hydrogen-bond donors (Lipinski definition) is 3. The Morgan fingerprint density at radius 1 is 1.10 bits per heavy atom. The fourth-order valence-corrected chi connectivity index (χ4v) is 5.49. The largest absolute Gasteiger partial charge is 0.476 e. The first-order chi connectivity index (χ1) is 18.5. The minimum atomic E-state index is -4.49. The Labute approximate surface area is 236 Å². The first-order valence-corrected chi connectivity index (χ1v) is 13.5. The van der Waals surface area contributed by atoms with Crippen LogP contribution < -0.4 is 20.3 Å². The van der Waals surface area contributed by atoms with Crippen LogP contribution in [-0.2, 0) is 10.4 Å². The molecule has 1 aromatic heterocycles. The number of nitrogens with zero attached hydrogens (tertiary/aromatic N) is 2. The van der Waals surface area contributed by atoms with Crippen LogP contribution in [0.25, 0.3) is 0 Å². The van der Waals surface area contributed by atoms with Gasteiger partial charge in [-0.15, -0.1) is 0 Å². The maximum atomic E-state index is 13.2. The van der Waals surface area contributed by atoms with Crippen LogP contribution in [0.4, 0.5) is 19.0 Å². The van der Waals surface area contributed by atoms with Crippen molar-refractivity contribution < 1.29 is 32.6 Å². The molecule has 3 atom stereocenters. The molecule has 40 heavy (non-hydrogen) atoms. The van der Waals surface area contributed by atoms with Gasteiger partial charge in [0.05, 0.1) is 16.2 Å². The fourth-order valence-electron chi connectivity index (χ4n) is 5.27. The molecular formula is C28H34ClF3N4O4. The number of pyridine rings is 1. The highest BCUT2D eigenvalue weighted by atomic mass is 35.5. The molecule has 1 aromatic carbocycles. The molecule has 2 bridgehead atoms. The quantitative estimate of drug-likeness (QED) is 0.416. The molecule has 218 valence electrons. The molecule has 0 spiro atoms. The third kappa shape index (κ3) is 6.98. The Morgan fingerprint density at radius 3 is 2.27 bits per heavy atom. The number of benzene rings is 1. The van der Waals surface area contributed by atoms with Crippen LogP contribution in [0.5, 0.6) is 5.75 Å². The highest BCUT2D eigenvalue weighted by molar-refractivity contribution is 6.32. The zero-order valence-electron chi connectivity index (χ0n) is 22.8. The van der Waals surface area contributed by atoms with Crippen molar-refractivity contribution in [2.24, 2.45) is 0 Å². The first-order valence-electron chi connectivity index (χ1n) is 13.2. The van der Waals surface area contributed by atoms with Crippen LogP contribution in [0.3, 0.4) is 0 Å². The van der Waals surface area contributed by atoms with E-state index in [1.807, 2.05) is 5.32 Å². The number of amides is 2. The molecule has 2 fully saturated rings. The summed E-state index contributed by atoms with van der Waals surface area (Å²) in [5.41, 5.74) is -1.59. The molecular weight excluding hydrogens is 549 g/mol. The Hall–Kier alpha value is -3.05. The maximum Gasteiger partial charge on any atom is 0.405 e.